The molecule has 0 aromatic carbocycles. The lowest BCUT2D eigenvalue weighted by molar-refractivity contribution is -0.131. The topological polar surface area (TPSA) is 26.3 Å². The van der Waals surface area contributed by atoms with Gasteiger partial charge in [-0.25, -0.2) is 0 Å². The summed E-state index contributed by atoms with van der Waals surface area (Å²) in [6.45, 7) is 8.66. The summed E-state index contributed by atoms with van der Waals surface area (Å²) in [5.74, 6) is -0.0579. The number of unbranched alkanes of at least 4 members (excludes halogenated alkanes) is 3. The Balaban J connectivity index is 4.70. The Hall–Kier alpha value is -0.313. The highest BCUT2D eigenvalue weighted by Gasteiger charge is 2.36. The number of rotatable bonds is 12. The van der Waals surface area contributed by atoms with Gasteiger partial charge in [-0.3, -0.25) is 4.79 Å². The average molecular weight is 286 g/mol. The number of hydrogen-bond acceptors (Lipinski definition) is 2. The quantitative estimate of drug-likeness (QED) is 0.443. The Morgan fingerprint density at radius 2 is 1.32 bits per heavy atom. The van der Waals surface area contributed by atoms with E-state index in [0.29, 0.717) is 0 Å². The van der Waals surface area contributed by atoms with E-state index in [-0.39, 0.29) is 5.97 Å². The van der Waals surface area contributed by atoms with Crippen molar-refractivity contribution in [3.63, 3.8) is 0 Å². The van der Waals surface area contributed by atoms with Gasteiger partial charge in [0.1, 0.15) is 0 Å². The molecular weight excluding hydrogens is 252 g/mol. The van der Waals surface area contributed by atoms with Crippen molar-refractivity contribution >= 4 is 14.3 Å². The maximum Gasteiger partial charge on any atom is 0.296 e. The molecule has 19 heavy (non-hydrogen) atoms. The van der Waals surface area contributed by atoms with Crippen molar-refractivity contribution in [2.45, 2.75) is 90.8 Å². The molecule has 0 bridgehead atoms. The van der Waals surface area contributed by atoms with E-state index < -0.39 is 8.32 Å². The van der Waals surface area contributed by atoms with Gasteiger partial charge < -0.3 is 4.43 Å². The summed E-state index contributed by atoms with van der Waals surface area (Å²) >= 11 is 0. The summed E-state index contributed by atoms with van der Waals surface area (Å²) in [6.07, 6.45) is 9.69. The molecule has 3 heteroatoms. The Morgan fingerprint density at radius 1 is 0.895 bits per heavy atom. The van der Waals surface area contributed by atoms with E-state index in [1.807, 2.05) is 6.92 Å². The van der Waals surface area contributed by atoms with Crippen LogP contribution in [0.25, 0.3) is 0 Å². The minimum atomic E-state index is -1.84. The van der Waals surface area contributed by atoms with E-state index in [1.54, 1.807) is 6.42 Å². The molecule has 2 nitrogen and oxygen atoms in total. The van der Waals surface area contributed by atoms with Gasteiger partial charge in [0.05, 0.1) is 6.42 Å². The van der Waals surface area contributed by atoms with Crippen LogP contribution in [0.1, 0.15) is 72.6 Å². The molecule has 0 spiro atoms. The number of carbonyl (C=O) groups is 1. The van der Waals surface area contributed by atoms with Crippen LogP contribution in [0.2, 0.25) is 18.1 Å². The fourth-order valence-electron chi connectivity index (χ4n) is 2.45. The van der Waals surface area contributed by atoms with Crippen molar-refractivity contribution in [2.24, 2.45) is 0 Å². The van der Waals surface area contributed by atoms with E-state index in [9.17, 15) is 4.79 Å². The minimum absolute atomic E-state index is 0.0579. The molecule has 0 aliphatic rings. The standard InChI is InChI=1S/C16H33O2Si/c1-5-9-13-19(14-10-6-2,15-11-7-3)18-16(17)12-8-4/h12H,5-11,13-15H2,1-4H3. The van der Waals surface area contributed by atoms with Crippen molar-refractivity contribution in [3.8, 4) is 0 Å². The zero-order chi connectivity index (χ0) is 14.6. The van der Waals surface area contributed by atoms with Gasteiger partial charge in [0, 0.05) is 0 Å². The SMILES string of the molecule is CC[CH]C(=O)O[Si](CCCC)(CCCC)CCCC. The second-order valence-electron chi connectivity index (χ2n) is 5.53. The zero-order valence-electron chi connectivity index (χ0n) is 13.5. The molecule has 113 valence electrons. The molecule has 0 amide bonds. The average Bonchev–Trinajstić information content (AvgIpc) is 2.40. The van der Waals surface area contributed by atoms with Gasteiger partial charge in [-0.1, -0.05) is 66.2 Å². The molecule has 0 aromatic heterocycles. The predicted octanol–water partition coefficient (Wildman–Crippen LogP) is 5.49. The van der Waals surface area contributed by atoms with Crippen LogP contribution in [0.3, 0.4) is 0 Å². The first-order valence-electron chi connectivity index (χ1n) is 8.20. The van der Waals surface area contributed by atoms with Crippen LogP contribution in [0, 0.1) is 6.42 Å². The lowest BCUT2D eigenvalue weighted by Crippen LogP contribution is -2.40. The molecule has 0 saturated heterocycles. The van der Waals surface area contributed by atoms with Crippen LogP contribution in [0.15, 0.2) is 0 Å². The molecule has 0 heterocycles. The lowest BCUT2D eigenvalue weighted by Gasteiger charge is -2.31. The zero-order valence-corrected chi connectivity index (χ0v) is 14.5. The second-order valence-corrected chi connectivity index (χ2v) is 9.60. The third-order valence-corrected chi connectivity index (χ3v) is 8.07. The van der Waals surface area contributed by atoms with Crippen molar-refractivity contribution in [1.29, 1.82) is 0 Å². The summed E-state index contributed by atoms with van der Waals surface area (Å²) < 4.78 is 6.03. The maximum absolute atomic E-state index is 11.9. The fraction of sp³-hybridized carbons (Fsp3) is 0.875. The third kappa shape index (κ3) is 8.46. The first-order valence-corrected chi connectivity index (χ1v) is 10.7. The van der Waals surface area contributed by atoms with Gasteiger partial charge in [-0.05, 0) is 24.6 Å². The van der Waals surface area contributed by atoms with Crippen LogP contribution in [0.5, 0.6) is 0 Å². The van der Waals surface area contributed by atoms with Gasteiger partial charge in [-0.2, -0.15) is 0 Å². The molecule has 0 rings (SSSR count). The molecular formula is C16H33O2Si. The fourth-order valence-corrected chi connectivity index (χ4v) is 7.01. The van der Waals surface area contributed by atoms with E-state index >= 15 is 0 Å². The highest BCUT2D eigenvalue weighted by Crippen LogP contribution is 2.30. The molecule has 0 fully saturated rings. The van der Waals surface area contributed by atoms with Crippen molar-refractivity contribution < 1.29 is 9.22 Å². The van der Waals surface area contributed by atoms with Gasteiger partial charge in [0.25, 0.3) is 14.3 Å². The monoisotopic (exact) mass is 285 g/mol. The van der Waals surface area contributed by atoms with E-state index in [2.05, 4.69) is 20.8 Å². The number of carbonyl (C=O) groups excluding carboxylic acids is 1. The lowest BCUT2D eigenvalue weighted by atomic mass is 10.3. The minimum Gasteiger partial charge on any atom is -0.519 e. The van der Waals surface area contributed by atoms with Crippen molar-refractivity contribution in [1.82, 2.24) is 0 Å². The molecule has 0 aliphatic heterocycles. The Kier molecular flexibility index (Phi) is 11.3. The summed E-state index contributed by atoms with van der Waals surface area (Å²) in [5, 5.41) is 0. The molecule has 0 aromatic rings. The van der Waals surface area contributed by atoms with Crippen LogP contribution in [-0.4, -0.2) is 14.3 Å². The van der Waals surface area contributed by atoms with Crippen LogP contribution in [-0.2, 0) is 9.22 Å². The Bertz CT molecular complexity index is 207. The smallest absolute Gasteiger partial charge is 0.296 e. The predicted molar refractivity (Wildman–Crippen MR) is 85.6 cm³/mol. The van der Waals surface area contributed by atoms with E-state index in [1.165, 1.54) is 38.5 Å². The third-order valence-electron chi connectivity index (χ3n) is 3.65. The van der Waals surface area contributed by atoms with Gasteiger partial charge in [0.15, 0.2) is 0 Å². The van der Waals surface area contributed by atoms with E-state index in [4.69, 9.17) is 4.43 Å². The normalized spacial score (nSPS) is 11.6. The van der Waals surface area contributed by atoms with Crippen molar-refractivity contribution in [3.05, 3.63) is 6.42 Å². The van der Waals surface area contributed by atoms with Gasteiger partial charge in [-0.15, -0.1) is 0 Å². The molecule has 0 saturated carbocycles. The number of hydrogen-bond donors (Lipinski definition) is 0. The summed E-state index contributed by atoms with van der Waals surface area (Å²) in [5.41, 5.74) is 0. The van der Waals surface area contributed by atoms with Crippen molar-refractivity contribution in [2.75, 3.05) is 0 Å². The Labute approximate surface area is 121 Å². The van der Waals surface area contributed by atoms with Gasteiger partial charge in [0.2, 0.25) is 0 Å². The largest absolute Gasteiger partial charge is 0.519 e. The van der Waals surface area contributed by atoms with Crippen LogP contribution < -0.4 is 0 Å². The molecule has 0 aliphatic carbocycles. The first kappa shape index (κ1) is 18.7. The molecule has 0 N–H and O–H groups in total. The summed E-state index contributed by atoms with van der Waals surface area (Å²) in [4.78, 5) is 11.9. The van der Waals surface area contributed by atoms with E-state index in [0.717, 1.165) is 24.6 Å². The Morgan fingerprint density at radius 3 is 1.63 bits per heavy atom. The molecule has 0 unspecified atom stereocenters. The van der Waals surface area contributed by atoms with Gasteiger partial charge >= 0.3 is 0 Å². The summed E-state index contributed by atoms with van der Waals surface area (Å²) in [7, 11) is -1.84. The molecule has 1 radical (unpaired) electrons. The first-order chi connectivity index (χ1) is 9.14. The van der Waals surface area contributed by atoms with Crippen LogP contribution in [0.4, 0.5) is 0 Å². The summed E-state index contributed by atoms with van der Waals surface area (Å²) in [6, 6.07) is 3.48. The second kappa shape index (κ2) is 11.5. The highest BCUT2D eigenvalue weighted by atomic mass is 28.4. The molecule has 0 atom stereocenters. The maximum atomic E-state index is 11.9. The highest BCUT2D eigenvalue weighted by molar-refractivity contribution is 6.75. The van der Waals surface area contributed by atoms with Crippen LogP contribution >= 0.6 is 0 Å².